The first kappa shape index (κ1) is 15.6. The lowest BCUT2D eigenvalue weighted by atomic mass is 9.47. The Kier molecular flexibility index (Phi) is 4.04. The Morgan fingerprint density at radius 1 is 1.10 bits per heavy atom. The van der Waals surface area contributed by atoms with E-state index < -0.39 is 0 Å². The molecule has 0 bridgehead atoms. The number of hydrogen-bond donors (Lipinski definition) is 0. The average molecular weight is 289 g/mol. The maximum absolute atomic E-state index is 2.65. The molecule has 0 aliphatic heterocycles. The summed E-state index contributed by atoms with van der Waals surface area (Å²) >= 11 is 0. The van der Waals surface area contributed by atoms with Gasteiger partial charge in [-0.3, -0.25) is 0 Å². The number of fused-ring (bicyclic) bond motifs is 2. The van der Waals surface area contributed by atoms with Gasteiger partial charge >= 0.3 is 0 Å². The third-order valence-electron chi connectivity index (χ3n) is 7.93. The topological polar surface area (TPSA) is 0 Å². The van der Waals surface area contributed by atoms with Gasteiger partial charge in [0, 0.05) is 0 Å². The van der Waals surface area contributed by atoms with Crippen LogP contribution in [0.1, 0.15) is 92.4 Å². The Balaban J connectivity index is 1.92. The van der Waals surface area contributed by atoms with Gasteiger partial charge in [0.25, 0.3) is 0 Å². The van der Waals surface area contributed by atoms with Crippen LogP contribution in [0.5, 0.6) is 0 Å². The van der Waals surface area contributed by atoms with Crippen molar-refractivity contribution in [2.24, 2.45) is 28.6 Å². The van der Waals surface area contributed by atoms with Crippen LogP contribution in [0.15, 0.2) is 11.1 Å². The molecule has 0 amide bonds. The Labute approximate surface area is 132 Å². The van der Waals surface area contributed by atoms with Gasteiger partial charge in [0.05, 0.1) is 0 Å². The van der Waals surface area contributed by atoms with E-state index in [4.69, 9.17) is 0 Å². The maximum atomic E-state index is 2.65. The van der Waals surface area contributed by atoms with Crippen LogP contribution in [0.25, 0.3) is 0 Å². The molecule has 3 aliphatic carbocycles. The molecule has 3 aliphatic rings. The first-order valence-electron chi connectivity index (χ1n) is 9.62. The van der Waals surface area contributed by atoms with Crippen LogP contribution in [0.2, 0.25) is 0 Å². The smallest absolute Gasteiger partial charge is 0.00802 e. The zero-order valence-corrected chi connectivity index (χ0v) is 15.1. The van der Waals surface area contributed by atoms with Crippen LogP contribution in [0, 0.1) is 28.6 Å². The highest BCUT2D eigenvalue weighted by Gasteiger charge is 2.52. The van der Waals surface area contributed by atoms with E-state index in [0.717, 1.165) is 17.8 Å². The van der Waals surface area contributed by atoms with Crippen LogP contribution in [0.3, 0.4) is 0 Å². The van der Waals surface area contributed by atoms with E-state index in [0.29, 0.717) is 10.8 Å². The van der Waals surface area contributed by atoms with Crippen LogP contribution in [-0.2, 0) is 0 Å². The lowest BCUT2D eigenvalue weighted by Crippen LogP contribution is -2.47. The van der Waals surface area contributed by atoms with Crippen molar-refractivity contribution in [1.82, 2.24) is 0 Å². The predicted molar refractivity (Wildman–Crippen MR) is 92.3 cm³/mol. The summed E-state index contributed by atoms with van der Waals surface area (Å²) in [5, 5.41) is 0. The van der Waals surface area contributed by atoms with Crippen molar-refractivity contribution in [3.63, 3.8) is 0 Å². The molecule has 0 saturated heterocycles. The summed E-state index contributed by atoms with van der Waals surface area (Å²) < 4.78 is 0. The standard InChI is InChI=1S/C21H36/c1-6-20(4)12-7-13-21(5)18-10-8-16(15(2)3)14-17(18)9-11-19(20)21/h15-16,19H,6-14H2,1-5H3/t16?,19-,20+,21?/m0/s1. The van der Waals surface area contributed by atoms with Crippen LogP contribution >= 0.6 is 0 Å². The molecule has 21 heavy (non-hydrogen) atoms. The molecular formula is C21H36. The first-order valence-corrected chi connectivity index (χ1v) is 9.62. The van der Waals surface area contributed by atoms with Gasteiger partial charge in [-0.05, 0) is 73.5 Å². The fraction of sp³-hybridized carbons (Fsp3) is 0.905. The predicted octanol–water partition coefficient (Wildman–Crippen LogP) is 6.76. The third-order valence-corrected chi connectivity index (χ3v) is 7.93. The maximum Gasteiger partial charge on any atom is -0.00802 e. The quantitative estimate of drug-likeness (QED) is 0.493. The second-order valence-electron chi connectivity index (χ2n) is 9.20. The molecule has 0 aromatic heterocycles. The molecule has 4 atom stereocenters. The van der Waals surface area contributed by atoms with E-state index in [1.807, 2.05) is 11.1 Å². The molecule has 0 N–H and O–H groups in total. The van der Waals surface area contributed by atoms with Gasteiger partial charge in [0.15, 0.2) is 0 Å². The third kappa shape index (κ3) is 2.41. The van der Waals surface area contributed by atoms with Crippen LogP contribution < -0.4 is 0 Å². The molecule has 1 fully saturated rings. The highest BCUT2D eigenvalue weighted by molar-refractivity contribution is 5.30. The minimum atomic E-state index is 0.554. The molecule has 2 unspecified atom stereocenters. The molecule has 0 radical (unpaired) electrons. The summed E-state index contributed by atoms with van der Waals surface area (Å²) in [5.74, 6) is 2.79. The molecular weight excluding hydrogens is 252 g/mol. The zero-order chi connectivity index (χ0) is 15.3. The number of rotatable bonds is 2. The van der Waals surface area contributed by atoms with Gasteiger partial charge in [-0.2, -0.15) is 0 Å². The Morgan fingerprint density at radius 3 is 2.52 bits per heavy atom. The second kappa shape index (κ2) is 5.43. The van der Waals surface area contributed by atoms with Crippen molar-refractivity contribution >= 4 is 0 Å². The largest absolute Gasteiger partial charge is 0.0702 e. The van der Waals surface area contributed by atoms with E-state index in [1.54, 1.807) is 0 Å². The minimum absolute atomic E-state index is 0.554. The van der Waals surface area contributed by atoms with Gasteiger partial charge < -0.3 is 0 Å². The summed E-state index contributed by atoms with van der Waals surface area (Å²) in [7, 11) is 0. The Morgan fingerprint density at radius 2 is 1.86 bits per heavy atom. The van der Waals surface area contributed by atoms with Gasteiger partial charge in [-0.15, -0.1) is 0 Å². The molecule has 0 spiro atoms. The van der Waals surface area contributed by atoms with Crippen molar-refractivity contribution in [2.75, 3.05) is 0 Å². The van der Waals surface area contributed by atoms with Gasteiger partial charge in [0.2, 0.25) is 0 Å². The fourth-order valence-corrected chi connectivity index (χ4v) is 6.31. The minimum Gasteiger partial charge on any atom is -0.0702 e. The monoisotopic (exact) mass is 288 g/mol. The SMILES string of the molecule is CC[C@]1(C)CCCC2(C)C3=C(CC[C@H]21)CC(C(C)C)CC3. The van der Waals surface area contributed by atoms with Crippen LogP contribution in [-0.4, -0.2) is 0 Å². The van der Waals surface area contributed by atoms with Gasteiger partial charge in [-0.1, -0.05) is 58.6 Å². The van der Waals surface area contributed by atoms with E-state index >= 15 is 0 Å². The number of hydrogen-bond acceptors (Lipinski definition) is 0. The van der Waals surface area contributed by atoms with E-state index in [-0.39, 0.29) is 0 Å². The summed E-state index contributed by atoms with van der Waals surface area (Å²) in [6.45, 7) is 12.5. The summed E-state index contributed by atoms with van der Waals surface area (Å²) in [6.07, 6.45) is 13.0. The van der Waals surface area contributed by atoms with E-state index in [2.05, 4.69) is 34.6 Å². The van der Waals surface area contributed by atoms with Gasteiger partial charge in [-0.25, -0.2) is 0 Å². The average Bonchev–Trinajstić information content (AvgIpc) is 2.46. The fourth-order valence-electron chi connectivity index (χ4n) is 6.31. The lowest BCUT2D eigenvalue weighted by Gasteiger charge is -2.57. The second-order valence-corrected chi connectivity index (χ2v) is 9.20. The Hall–Kier alpha value is -0.260. The molecule has 1 saturated carbocycles. The first-order chi connectivity index (χ1) is 9.90. The van der Waals surface area contributed by atoms with Crippen molar-refractivity contribution in [1.29, 1.82) is 0 Å². The van der Waals surface area contributed by atoms with Crippen molar-refractivity contribution < 1.29 is 0 Å². The lowest BCUT2D eigenvalue weighted by molar-refractivity contribution is -0.00889. The molecule has 3 rings (SSSR count). The Bertz CT molecular complexity index is 429. The summed E-state index contributed by atoms with van der Waals surface area (Å²) in [6, 6.07) is 0. The van der Waals surface area contributed by atoms with Crippen molar-refractivity contribution in [2.45, 2.75) is 92.4 Å². The molecule has 120 valence electrons. The molecule has 0 heteroatoms. The molecule has 0 aromatic carbocycles. The number of allylic oxidation sites excluding steroid dienone is 2. The highest BCUT2D eigenvalue weighted by Crippen LogP contribution is 2.63. The van der Waals surface area contributed by atoms with Crippen molar-refractivity contribution in [3.8, 4) is 0 Å². The zero-order valence-electron chi connectivity index (χ0n) is 15.1. The normalized spacial score (nSPS) is 43.7. The van der Waals surface area contributed by atoms with E-state index in [1.165, 1.54) is 57.8 Å². The van der Waals surface area contributed by atoms with Crippen molar-refractivity contribution in [3.05, 3.63) is 11.1 Å². The summed E-state index contributed by atoms with van der Waals surface area (Å²) in [4.78, 5) is 0. The highest BCUT2D eigenvalue weighted by atomic mass is 14.6. The van der Waals surface area contributed by atoms with Gasteiger partial charge in [0.1, 0.15) is 0 Å². The van der Waals surface area contributed by atoms with Crippen LogP contribution in [0.4, 0.5) is 0 Å². The summed E-state index contributed by atoms with van der Waals surface area (Å²) in [5.41, 5.74) is 5.01. The molecule has 0 heterocycles. The molecule has 0 nitrogen and oxygen atoms in total. The van der Waals surface area contributed by atoms with E-state index in [9.17, 15) is 0 Å². The molecule has 0 aromatic rings.